The van der Waals surface area contributed by atoms with Crippen LogP contribution in [0.2, 0.25) is 0 Å². The quantitative estimate of drug-likeness (QED) is 0.706. The highest BCUT2D eigenvalue weighted by atomic mass is 16.3. The minimum Gasteiger partial charge on any atom is -0.393 e. The number of hydrogen-bond donors (Lipinski definition) is 3. The number of anilines is 1. The Balaban J connectivity index is 1.89. The minimum atomic E-state index is -0.219. The molecule has 1 fully saturated rings. The van der Waals surface area contributed by atoms with E-state index in [1.54, 1.807) is 0 Å². The van der Waals surface area contributed by atoms with Crippen LogP contribution in [0.15, 0.2) is 17.2 Å². The fourth-order valence-corrected chi connectivity index (χ4v) is 2.13. The first kappa shape index (κ1) is 11.1. The van der Waals surface area contributed by atoms with Crippen LogP contribution >= 0.6 is 0 Å². The summed E-state index contributed by atoms with van der Waals surface area (Å²) in [6, 6.07) is 1.43. The van der Waals surface area contributed by atoms with Gasteiger partial charge >= 0.3 is 0 Å². The highest BCUT2D eigenvalue weighted by Crippen LogP contribution is 2.24. The van der Waals surface area contributed by atoms with Gasteiger partial charge in [-0.2, -0.15) is 0 Å². The van der Waals surface area contributed by atoms with Crippen molar-refractivity contribution in [1.82, 2.24) is 9.97 Å². The van der Waals surface area contributed by atoms with E-state index in [1.807, 2.05) is 0 Å². The predicted molar refractivity (Wildman–Crippen MR) is 61.3 cm³/mol. The van der Waals surface area contributed by atoms with Gasteiger partial charge in [-0.1, -0.05) is 12.8 Å². The van der Waals surface area contributed by atoms with Gasteiger partial charge in [-0.15, -0.1) is 0 Å². The van der Waals surface area contributed by atoms with Crippen LogP contribution in [0.1, 0.15) is 25.7 Å². The Labute approximate surface area is 93.9 Å². The normalized spacial score (nSPS) is 25.3. The summed E-state index contributed by atoms with van der Waals surface area (Å²) in [5.74, 6) is 0.844. The number of aliphatic hydroxyl groups excluding tert-OH is 1. The van der Waals surface area contributed by atoms with Crippen molar-refractivity contribution < 1.29 is 5.11 Å². The molecule has 16 heavy (non-hydrogen) atoms. The van der Waals surface area contributed by atoms with Crippen LogP contribution in [0.4, 0.5) is 5.82 Å². The van der Waals surface area contributed by atoms with Gasteiger partial charge in [-0.05, 0) is 12.8 Å². The summed E-state index contributed by atoms with van der Waals surface area (Å²) in [5.41, 5.74) is -0.165. The molecule has 2 atom stereocenters. The Bertz CT molecular complexity index is 391. The topological polar surface area (TPSA) is 78.0 Å². The van der Waals surface area contributed by atoms with Crippen LogP contribution in [0.3, 0.4) is 0 Å². The number of aliphatic hydroxyl groups is 1. The third kappa shape index (κ3) is 2.82. The Kier molecular flexibility index (Phi) is 3.56. The molecule has 2 unspecified atom stereocenters. The fourth-order valence-electron chi connectivity index (χ4n) is 2.13. The second kappa shape index (κ2) is 5.12. The zero-order valence-corrected chi connectivity index (χ0v) is 9.15. The van der Waals surface area contributed by atoms with Crippen molar-refractivity contribution >= 4 is 5.82 Å². The lowest BCUT2D eigenvalue weighted by atomic mass is 9.86. The number of nitrogens with one attached hydrogen (secondary N) is 2. The first-order valence-electron chi connectivity index (χ1n) is 5.72. The summed E-state index contributed by atoms with van der Waals surface area (Å²) < 4.78 is 0. The molecular formula is C11H17N3O2. The van der Waals surface area contributed by atoms with E-state index in [0.717, 1.165) is 19.3 Å². The van der Waals surface area contributed by atoms with E-state index < -0.39 is 0 Å². The van der Waals surface area contributed by atoms with Crippen LogP contribution in [-0.4, -0.2) is 27.7 Å². The molecule has 1 heterocycles. The van der Waals surface area contributed by atoms with Gasteiger partial charge in [0.2, 0.25) is 0 Å². The zero-order valence-electron chi connectivity index (χ0n) is 9.15. The molecule has 1 aromatic rings. The third-order valence-corrected chi connectivity index (χ3v) is 3.09. The van der Waals surface area contributed by atoms with Gasteiger partial charge in [-0.3, -0.25) is 4.79 Å². The van der Waals surface area contributed by atoms with Gasteiger partial charge in [0.15, 0.2) is 0 Å². The van der Waals surface area contributed by atoms with Crippen LogP contribution in [-0.2, 0) is 0 Å². The average molecular weight is 223 g/mol. The fraction of sp³-hybridized carbons (Fsp3) is 0.636. The molecule has 1 aromatic heterocycles. The molecule has 0 saturated heterocycles. The van der Waals surface area contributed by atoms with E-state index in [1.165, 1.54) is 18.8 Å². The van der Waals surface area contributed by atoms with E-state index in [9.17, 15) is 9.90 Å². The summed E-state index contributed by atoms with van der Waals surface area (Å²) in [6.07, 6.45) is 5.37. The molecule has 2 rings (SSSR count). The predicted octanol–water partition coefficient (Wildman–Crippen LogP) is 0.733. The zero-order chi connectivity index (χ0) is 11.4. The number of H-pyrrole nitrogens is 1. The standard InChI is InChI=1S/C11H17N3O2/c15-9-4-2-1-3-8(9)6-12-10-5-11(16)14-7-13-10/h5,7-9,15H,1-4,6H2,(H2,12,13,14,16). The van der Waals surface area contributed by atoms with Crippen LogP contribution in [0.25, 0.3) is 0 Å². The number of aromatic amines is 1. The molecule has 0 aliphatic heterocycles. The summed E-state index contributed by atoms with van der Waals surface area (Å²) in [5, 5.41) is 12.9. The third-order valence-electron chi connectivity index (χ3n) is 3.09. The van der Waals surface area contributed by atoms with Gasteiger partial charge in [-0.25, -0.2) is 4.98 Å². The average Bonchev–Trinajstić information content (AvgIpc) is 2.28. The maximum Gasteiger partial charge on any atom is 0.252 e. The van der Waals surface area contributed by atoms with Crippen LogP contribution < -0.4 is 10.9 Å². The first-order chi connectivity index (χ1) is 7.75. The van der Waals surface area contributed by atoms with E-state index in [0.29, 0.717) is 12.4 Å². The summed E-state index contributed by atoms with van der Waals surface area (Å²) in [6.45, 7) is 0.678. The summed E-state index contributed by atoms with van der Waals surface area (Å²) in [7, 11) is 0. The number of hydrogen-bond acceptors (Lipinski definition) is 4. The maximum atomic E-state index is 11.0. The summed E-state index contributed by atoms with van der Waals surface area (Å²) >= 11 is 0. The van der Waals surface area contributed by atoms with E-state index in [4.69, 9.17) is 0 Å². The Morgan fingerprint density at radius 3 is 3.06 bits per heavy atom. The van der Waals surface area contributed by atoms with Gasteiger partial charge < -0.3 is 15.4 Å². The van der Waals surface area contributed by atoms with Crippen molar-refractivity contribution in [1.29, 1.82) is 0 Å². The van der Waals surface area contributed by atoms with Gasteiger partial charge in [0.25, 0.3) is 5.56 Å². The van der Waals surface area contributed by atoms with E-state index in [-0.39, 0.29) is 17.6 Å². The molecule has 5 heteroatoms. The Morgan fingerprint density at radius 1 is 1.50 bits per heavy atom. The monoisotopic (exact) mass is 223 g/mol. The molecule has 0 amide bonds. The molecule has 1 saturated carbocycles. The van der Waals surface area contributed by atoms with E-state index in [2.05, 4.69) is 15.3 Å². The van der Waals surface area contributed by atoms with Gasteiger partial charge in [0.05, 0.1) is 12.4 Å². The smallest absolute Gasteiger partial charge is 0.252 e. The van der Waals surface area contributed by atoms with Crippen LogP contribution in [0.5, 0.6) is 0 Å². The SMILES string of the molecule is O=c1cc(NCC2CCCCC2O)nc[nH]1. The highest BCUT2D eigenvalue weighted by molar-refractivity contribution is 5.31. The highest BCUT2D eigenvalue weighted by Gasteiger charge is 2.22. The molecule has 0 bridgehead atoms. The maximum absolute atomic E-state index is 11.0. The van der Waals surface area contributed by atoms with Gasteiger partial charge in [0, 0.05) is 18.5 Å². The van der Waals surface area contributed by atoms with Crippen LogP contribution in [0, 0.1) is 5.92 Å². The number of rotatable bonds is 3. The van der Waals surface area contributed by atoms with Crippen molar-refractivity contribution in [3.05, 3.63) is 22.7 Å². The number of nitrogens with zero attached hydrogens (tertiary/aromatic N) is 1. The van der Waals surface area contributed by atoms with Gasteiger partial charge in [0.1, 0.15) is 5.82 Å². The molecule has 0 spiro atoms. The van der Waals surface area contributed by atoms with Crippen molar-refractivity contribution in [2.75, 3.05) is 11.9 Å². The Morgan fingerprint density at radius 2 is 2.31 bits per heavy atom. The molecule has 0 radical (unpaired) electrons. The lowest BCUT2D eigenvalue weighted by Crippen LogP contribution is -2.30. The van der Waals surface area contributed by atoms with Crippen molar-refractivity contribution in [2.45, 2.75) is 31.8 Å². The molecule has 5 nitrogen and oxygen atoms in total. The number of aromatic nitrogens is 2. The largest absolute Gasteiger partial charge is 0.393 e. The second-order valence-corrected chi connectivity index (χ2v) is 4.29. The molecule has 1 aliphatic carbocycles. The van der Waals surface area contributed by atoms with Crippen molar-refractivity contribution in [3.63, 3.8) is 0 Å². The second-order valence-electron chi connectivity index (χ2n) is 4.29. The molecule has 88 valence electrons. The Hall–Kier alpha value is -1.36. The molecule has 1 aliphatic rings. The molecule has 3 N–H and O–H groups in total. The summed E-state index contributed by atoms with van der Waals surface area (Å²) in [4.78, 5) is 17.5. The van der Waals surface area contributed by atoms with Crippen molar-refractivity contribution in [3.8, 4) is 0 Å². The van der Waals surface area contributed by atoms with Crippen molar-refractivity contribution in [2.24, 2.45) is 5.92 Å². The molecular weight excluding hydrogens is 206 g/mol. The molecule has 0 aromatic carbocycles. The lowest BCUT2D eigenvalue weighted by molar-refractivity contribution is 0.0763. The van der Waals surface area contributed by atoms with E-state index >= 15 is 0 Å². The minimum absolute atomic E-state index is 0.165. The lowest BCUT2D eigenvalue weighted by Gasteiger charge is -2.27. The first-order valence-corrected chi connectivity index (χ1v) is 5.72.